The Morgan fingerprint density at radius 3 is 2.33 bits per heavy atom. The number of epoxide rings is 1. The first-order valence-corrected chi connectivity index (χ1v) is 5.09. The summed E-state index contributed by atoms with van der Waals surface area (Å²) in [6.07, 6.45) is 6.56. The molecule has 0 aromatic heterocycles. The predicted octanol–water partition coefficient (Wildman–Crippen LogP) is 1.74. The number of hydrogen-bond donors (Lipinski definition) is 0. The highest BCUT2D eigenvalue weighted by Gasteiger charge is 2.63. The average Bonchev–Trinajstić information content (AvgIpc) is 2.80. The Balaban J connectivity index is 1.87. The molecule has 2 nitrogen and oxygen atoms in total. The zero-order valence-corrected chi connectivity index (χ0v) is 7.47. The first-order chi connectivity index (χ1) is 5.87. The second kappa shape index (κ2) is 2.24. The van der Waals surface area contributed by atoms with Crippen molar-refractivity contribution in [2.75, 3.05) is 19.8 Å². The minimum atomic E-state index is 0.330. The van der Waals surface area contributed by atoms with Gasteiger partial charge in [0, 0.05) is 18.6 Å². The summed E-state index contributed by atoms with van der Waals surface area (Å²) in [6, 6.07) is 0. The van der Waals surface area contributed by atoms with Crippen LogP contribution in [0, 0.1) is 5.41 Å². The SMILES string of the molecule is C1CC2(CCOCC2)C2(C1)CO2. The van der Waals surface area contributed by atoms with E-state index in [1.807, 2.05) is 0 Å². The third kappa shape index (κ3) is 0.775. The minimum Gasteiger partial charge on any atom is -0.381 e. The molecule has 0 bridgehead atoms. The molecule has 1 atom stereocenters. The van der Waals surface area contributed by atoms with Crippen molar-refractivity contribution in [1.29, 1.82) is 0 Å². The molecule has 3 rings (SSSR count). The second-order valence-corrected chi connectivity index (χ2v) is 4.53. The van der Waals surface area contributed by atoms with Gasteiger partial charge in [-0.3, -0.25) is 0 Å². The van der Waals surface area contributed by atoms with Gasteiger partial charge >= 0.3 is 0 Å². The van der Waals surface area contributed by atoms with Gasteiger partial charge < -0.3 is 9.47 Å². The van der Waals surface area contributed by atoms with E-state index in [-0.39, 0.29) is 0 Å². The number of hydrogen-bond acceptors (Lipinski definition) is 2. The molecule has 1 unspecified atom stereocenters. The lowest BCUT2D eigenvalue weighted by Gasteiger charge is -2.37. The third-order valence-corrected chi connectivity index (χ3v) is 4.15. The Bertz CT molecular complexity index is 190. The molecule has 2 heterocycles. The summed E-state index contributed by atoms with van der Waals surface area (Å²) >= 11 is 0. The molecule has 0 aromatic carbocycles. The van der Waals surface area contributed by atoms with Crippen LogP contribution in [-0.2, 0) is 9.47 Å². The van der Waals surface area contributed by atoms with Gasteiger partial charge in [0.15, 0.2) is 0 Å². The summed E-state index contributed by atoms with van der Waals surface area (Å²) in [5.41, 5.74) is 0.863. The molecule has 2 heteroatoms. The maximum atomic E-state index is 5.69. The highest BCUT2D eigenvalue weighted by atomic mass is 16.6. The van der Waals surface area contributed by atoms with E-state index in [4.69, 9.17) is 9.47 Å². The van der Waals surface area contributed by atoms with Gasteiger partial charge in [0.05, 0.1) is 12.2 Å². The topological polar surface area (TPSA) is 21.8 Å². The van der Waals surface area contributed by atoms with Crippen molar-refractivity contribution < 1.29 is 9.47 Å². The van der Waals surface area contributed by atoms with E-state index >= 15 is 0 Å². The van der Waals surface area contributed by atoms with E-state index in [2.05, 4.69) is 0 Å². The maximum Gasteiger partial charge on any atom is 0.0974 e. The van der Waals surface area contributed by atoms with Crippen LogP contribution in [0.3, 0.4) is 0 Å². The van der Waals surface area contributed by atoms with Gasteiger partial charge in [-0.05, 0) is 32.1 Å². The lowest BCUT2D eigenvalue weighted by Crippen LogP contribution is -2.38. The quantitative estimate of drug-likeness (QED) is 0.514. The van der Waals surface area contributed by atoms with Crippen LogP contribution in [0.2, 0.25) is 0 Å². The van der Waals surface area contributed by atoms with E-state index < -0.39 is 0 Å². The first kappa shape index (κ1) is 7.34. The lowest BCUT2D eigenvalue weighted by molar-refractivity contribution is -0.0174. The fourth-order valence-corrected chi connectivity index (χ4v) is 3.21. The van der Waals surface area contributed by atoms with Crippen molar-refractivity contribution >= 4 is 0 Å². The third-order valence-electron chi connectivity index (χ3n) is 4.15. The minimum absolute atomic E-state index is 0.330. The van der Waals surface area contributed by atoms with Gasteiger partial charge in [-0.25, -0.2) is 0 Å². The molecule has 1 aliphatic carbocycles. The van der Waals surface area contributed by atoms with Crippen molar-refractivity contribution in [3.8, 4) is 0 Å². The summed E-state index contributed by atoms with van der Waals surface area (Å²) < 4.78 is 11.1. The van der Waals surface area contributed by atoms with E-state index in [0.717, 1.165) is 19.8 Å². The van der Waals surface area contributed by atoms with Gasteiger partial charge in [0.25, 0.3) is 0 Å². The van der Waals surface area contributed by atoms with E-state index in [1.54, 1.807) is 0 Å². The lowest BCUT2D eigenvalue weighted by atomic mass is 9.72. The molecule has 12 heavy (non-hydrogen) atoms. The molecule has 2 saturated heterocycles. The van der Waals surface area contributed by atoms with Gasteiger partial charge in [-0.1, -0.05) is 0 Å². The Morgan fingerprint density at radius 1 is 0.917 bits per heavy atom. The first-order valence-electron chi connectivity index (χ1n) is 5.09. The zero-order valence-electron chi connectivity index (χ0n) is 7.47. The Hall–Kier alpha value is -0.0800. The van der Waals surface area contributed by atoms with Crippen LogP contribution in [0.5, 0.6) is 0 Å². The van der Waals surface area contributed by atoms with Crippen LogP contribution in [0.15, 0.2) is 0 Å². The maximum absolute atomic E-state index is 5.69. The standard InChI is InChI=1S/C10H16O2/c1-2-9(4-6-11-7-5-9)10(3-1)8-12-10/h1-8H2. The fraction of sp³-hybridized carbons (Fsp3) is 1.00. The second-order valence-electron chi connectivity index (χ2n) is 4.53. The van der Waals surface area contributed by atoms with Gasteiger partial charge in [-0.15, -0.1) is 0 Å². The molecule has 0 amide bonds. The summed E-state index contributed by atoms with van der Waals surface area (Å²) in [5.74, 6) is 0. The van der Waals surface area contributed by atoms with Crippen LogP contribution in [0.4, 0.5) is 0 Å². The molecule has 1 saturated carbocycles. The van der Waals surface area contributed by atoms with Crippen LogP contribution < -0.4 is 0 Å². The van der Waals surface area contributed by atoms with Gasteiger partial charge in [0.2, 0.25) is 0 Å². The average molecular weight is 168 g/mol. The molecule has 68 valence electrons. The zero-order chi connectivity index (χ0) is 8.07. The summed E-state index contributed by atoms with van der Waals surface area (Å²) in [7, 11) is 0. The van der Waals surface area contributed by atoms with Crippen molar-refractivity contribution in [2.45, 2.75) is 37.7 Å². The molecule has 0 aromatic rings. The molecule has 2 spiro atoms. The predicted molar refractivity (Wildman–Crippen MR) is 45.0 cm³/mol. The van der Waals surface area contributed by atoms with Crippen molar-refractivity contribution in [3.63, 3.8) is 0 Å². The normalized spacial score (nSPS) is 44.0. The van der Waals surface area contributed by atoms with E-state index in [1.165, 1.54) is 32.1 Å². The molecule has 0 radical (unpaired) electrons. The van der Waals surface area contributed by atoms with Crippen molar-refractivity contribution in [3.05, 3.63) is 0 Å². The summed E-state index contributed by atoms with van der Waals surface area (Å²) in [5, 5.41) is 0. The van der Waals surface area contributed by atoms with Crippen molar-refractivity contribution in [1.82, 2.24) is 0 Å². The monoisotopic (exact) mass is 168 g/mol. The fourth-order valence-electron chi connectivity index (χ4n) is 3.21. The molecule has 3 aliphatic rings. The highest BCUT2D eigenvalue weighted by Crippen LogP contribution is 2.60. The van der Waals surface area contributed by atoms with E-state index in [9.17, 15) is 0 Å². The van der Waals surface area contributed by atoms with Gasteiger partial charge in [-0.2, -0.15) is 0 Å². The Kier molecular flexibility index (Phi) is 1.37. The molecule has 2 aliphatic heterocycles. The van der Waals surface area contributed by atoms with Crippen LogP contribution in [-0.4, -0.2) is 25.4 Å². The Labute approximate surface area is 73.2 Å². The smallest absolute Gasteiger partial charge is 0.0974 e. The number of ether oxygens (including phenoxy) is 2. The van der Waals surface area contributed by atoms with Gasteiger partial charge in [0.1, 0.15) is 0 Å². The van der Waals surface area contributed by atoms with Crippen molar-refractivity contribution in [2.24, 2.45) is 5.41 Å². The van der Waals surface area contributed by atoms with Crippen LogP contribution in [0.1, 0.15) is 32.1 Å². The van der Waals surface area contributed by atoms with Crippen LogP contribution in [0.25, 0.3) is 0 Å². The molecule has 3 fully saturated rings. The highest BCUT2D eigenvalue weighted by molar-refractivity contribution is 5.12. The number of fused-ring (bicyclic) bond motifs is 1. The molecular weight excluding hydrogens is 152 g/mol. The summed E-state index contributed by atoms with van der Waals surface area (Å²) in [4.78, 5) is 0. The number of rotatable bonds is 0. The molecular formula is C10H16O2. The summed E-state index contributed by atoms with van der Waals surface area (Å²) in [6.45, 7) is 2.96. The largest absolute Gasteiger partial charge is 0.381 e. The van der Waals surface area contributed by atoms with Crippen LogP contribution >= 0.6 is 0 Å². The van der Waals surface area contributed by atoms with E-state index in [0.29, 0.717) is 11.0 Å². The molecule has 0 N–H and O–H groups in total. The Morgan fingerprint density at radius 2 is 1.67 bits per heavy atom.